The van der Waals surface area contributed by atoms with E-state index in [0.717, 1.165) is 19.4 Å². The standard InChI is InChI=1S/C15H23NO/c1-3-11-16-15-13-9-5-4-7-12(13)8-6-10-14(15)17-2/h4-5,7,9,14-16H,3,6,8,10-11H2,1-2H3. The highest BCUT2D eigenvalue weighted by molar-refractivity contribution is 5.32. The number of hydrogen-bond acceptors (Lipinski definition) is 2. The third-order valence-electron chi connectivity index (χ3n) is 3.61. The van der Waals surface area contributed by atoms with Crippen LogP contribution < -0.4 is 5.32 Å². The van der Waals surface area contributed by atoms with E-state index in [9.17, 15) is 0 Å². The summed E-state index contributed by atoms with van der Waals surface area (Å²) >= 11 is 0. The van der Waals surface area contributed by atoms with Crippen molar-refractivity contribution in [2.75, 3.05) is 13.7 Å². The minimum absolute atomic E-state index is 0.310. The van der Waals surface area contributed by atoms with E-state index in [4.69, 9.17) is 4.74 Å². The number of benzene rings is 1. The van der Waals surface area contributed by atoms with Gasteiger partial charge in [-0.1, -0.05) is 31.2 Å². The molecule has 2 nitrogen and oxygen atoms in total. The zero-order valence-electron chi connectivity index (χ0n) is 10.9. The van der Waals surface area contributed by atoms with Crippen molar-refractivity contribution in [2.45, 2.75) is 44.8 Å². The molecule has 94 valence electrons. The molecule has 0 saturated heterocycles. The van der Waals surface area contributed by atoms with Crippen LogP contribution >= 0.6 is 0 Å². The van der Waals surface area contributed by atoms with Crippen LogP contribution in [0, 0.1) is 0 Å². The van der Waals surface area contributed by atoms with Gasteiger partial charge >= 0.3 is 0 Å². The van der Waals surface area contributed by atoms with Crippen molar-refractivity contribution < 1.29 is 4.74 Å². The lowest BCUT2D eigenvalue weighted by atomic mass is 9.97. The van der Waals surface area contributed by atoms with Gasteiger partial charge in [0.2, 0.25) is 0 Å². The first kappa shape index (κ1) is 12.6. The third kappa shape index (κ3) is 2.88. The van der Waals surface area contributed by atoms with Gasteiger partial charge in [-0.2, -0.15) is 0 Å². The van der Waals surface area contributed by atoms with Crippen molar-refractivity contribution in [1.82, 2.24) is 5.32 Å². The van der Waals surface area contributed by atoms with Crippen LogP contribution in [0.4, 0.5) is 0 Å². The van der Waals surface area contributed by atoms with Crippen LogP contribution in [0.5, 0.6) is 0 Å². The first-order valence-corrected chi connectivity index (χ1v) is 6.70. The van der Waals surface area contributed by atoms with Crippen LogP contribution in [0.2, 0.25) is 0 Å². The van der Waals surface area contributed by atoms with E-state index in [0.29, 0.717) is 12.1 Å². The Labute approximate surface area is 104 Å². The minimum Gasteiger partial charge on any atom is -0.379 e. The lowest BCUT2D eigenvalue weighted by Crippen LogP contribution is -2.33. The first-order valence-electron chi connectivity index (χ1n) is 6.70. The van der Waals surface area contributed by atoms with Crippen molar-refractivity contribution in [2.24, 2.45) is 0 Å². The van der Waals surface area contributed by atoms with E-state index in [1.165, 1.54) is 24.0 Å². The normalized spacial score (nSPS) is 24.1. The number of fused-ring (bicyclic) bond motifs is 1. The summed E-state index contributed by atoms with van der Waals surface area (Å²) in [6, 6.07) is 9.15. The molecule has 1 N–H and O–H groups in total. The first-order chi connectivity index (χ1) is 8.36. The van der Waals surface area contributed by atoms with Gasteiger partial charge in [-0.05, 0) is 43.4 Å². The lowest BCUT2D eigenvalue weighted by Gasteiger charge is -2.26. The average Bonchev–Trinajstić information content (AvgIpc) is 2.55. The molecule has 2 rings (SSSR count). The Kier molecular flexibility index (Phi) is 4.57. The SMILES string of the molecule is CCCNC1c2ccccc2CCCC1OC. The molecular weight excluding hydrogens is 210 g/mol. The Morgan fingerprint density at radius 2 is 2.18 bits per heavy atom. The van der Waals surface area contributed by atoms with E-state index in [1.807, 2.05) is 7.11 Å². The smallest absolute Gasteiger partial charge is 0.0766 e. The van der Waals surface area contributed by atoms with Crippen molar-refractivity contribution in [3.63, 3.8) is 0 Å². The molecule has 2 atom stereocenters. The van der Waals surface area contributed by atoms with Gasteiger partial charge in [0.1, 0.15) is 0 Å². The van der Waals surface area contributed by atoms with Gasteiger partial charge in [0.05, 0.1) is 12.1 Å². The fraction of sp³-hybridized carbons (Fsp3) is 0.600. The zero-order valence-corrected chi connectivity index (χ0v) is 10.9. The van der Waals surface area contributed by atoms with Gasteiger partial charge in [0.15, 0.2) is 0 Å². The zero-order chi connectivity index (χ0) is 12.1. The number of aryl methyl sites for hydroxylation is 1. The van der Waals surface area contributed by atoms with E-state index in [1.54, 1.807) is 0 Å². The van der Waals surface area contributed by atoms with Crippen LogP contribution in [0.25, 0.3) is 0 Å². The molecule has 0 bridgehead atoms. The van der Waals surface area contributed by atoms with E-state index in [2.05, 4.69) is 36.5 Å². The molecule has 0 radical (unpaired) electrons. The molecular formula is C15H23NO. The molecule has 1 aromatic carbocycles. The molecule has 17 heavy (non-hydrogen) atoms. The van der Waals surface area contributed by atoms with Gasteiger partial charge in [-0.15, -0.1) is 0 Å². The molecule has 2 unspecified atom stereocenters. The number of methoxy groups -OCH3 is 1. The summed E-state index contributed by atoms with van der Waals surface area (Å²) in [5, 5.41) is 3.64. The molecule has 0 aromatic heterocycles. The van der Waals surface area contributed by atoms with Crippen LogP contribution in [-0.4, -0.2) is 19.8 Å². The largest absolute Gasteiger partial charge is 0.379 e. The van der Waals surface area contributed by atoms with Crippen molar-refractivity contribution in [3.8, 4) is 0 Å². The van der Waals surface area contributed by atoms with E-state index < -0.39 is 0 Å². The predicted octanol–water partition coefficient (Wildman–Crippen LogP) is 3.08. The number of ether oxygens (including phenoxy) is 1. The van der Waals surface area contributed by atoms with Crippen LogP contribution in [-0.2, 0) is 11.2 Å². The van der Waals surface area contributed by atoms with E-state index in [-0.39, 0.29) is 0 Å². The Balaban J connectivity index is 2.26. The predicted molar refractivity (Wildman–Crippen MR) is 71.2 cm³/mol. The van der Waals surface area contributed by atoms with Crippen molar-refractivity contribution >= 4 is 0 Å². The molecule has 2 heteroatoms. The Bertz CT molecular complexity index is 351. The Hall–Kier alpha value is -0.860. The summed E-state index contributed by atoms with van der Waals surface area (Å²) in [4.78, 5) is 0. The summed E-state index contributed by atoms with van der Waals surface area (Å²) in [5.74, 6) is 0. The fourth-order valence-corrected chi connectivity index (χ4v) is 2.72. The van der Waals surface area contributed by atoms with Gasteiger partial charge in [0.25, 0.3) is 0 Å². The molecule has 1 aliphatic carbocycles. The second kappa shape index (κ2) is 6.18. The van der Waals surface area contributed by atoms with Crippen molar-refractivity contribution in [1.29, 1.82) is 0 Å². The lowest BCUT2D eigenvalue weighted by molar-refractivity contribution is 0.0622. The number of nitrogens with one attached hydrogen (secondary N) is 1. The molecule has 0 saturated carbocycles. The molecule has 0 spiro atoms. The maximum absolute atomic E-state index is 5.68. The fourth-order valence-electron chi connectivity index (χ4n) is 2.72. The molecule has 0 aliphatic heterocycles. The van der Waals surface area contributed by atoms with E-state index >= 15 is 0 Å². The highest BCUT2D eigenvalue weighted by Crippen LogP contribution is 2.30. The minimum atomic E-state index is 0.310. The summed E-state index contributed by atoms with van der Waals surface area (Å²) < 4.78 is 5.68. The van der Waals surface area contributed by atoms with Crippen LogP contribution in [0.15, 0.2) is 24.3 Å². The quantitative estimate of drug-likeness (QED) is 0.807. The monoisotopic (exact) mass is 233 g/mol. The summed E-state index contributed by atoms with van der Waals surface area (Å²) in [6.45, 7) is 3.26. The summed E-state index contributed by atoms with van der Waals surface area (Å²) in [6.07, 6.45) is 5.02. The highest BCUT2D eigenvalue weighted by atomic mass is 16.5. The molecule has 1 aliphatic rings. The van der Waals surface area contributed by atoms with Crippen molar-refractivity contribution in [3.05, 3.63) is 35.4 Å². The Morgan fingerprint density at radius 1 is 1.35 bits per heavy atom. The third-order valence-corrected chi connectivity index (χ3v) is 3.61. The maximum atomic E-state index is 5.68. The highest BCUT2D eigenvalue weighted by Gasteiger charge is 2.26. The second-order valence-corrected chi connectivity index (χ2v) is 4.80. The molecule has 0 heterocycles. The van der Waals surface area contributed by atoms with Gasteiger partial charge < -0.3 is 10.1 Å². The Morgan fingerprint density at radius 3 is 2.94 bits per heavy atom. The van der Waals surface area contributed by atoms with Gasteiger partial charge in [0, 0.05) is 7.11 Å². The second-order valence-electron chi connectivity index (χ2n) is 4.80. The maximum Gasteiger partial charge on any atom is 0.0766 e. The summed E-state index contributed by atoms with van der Waals surface area (Å²) in [7, 11) is 1.83. The van der Waals surface area contributed by atoms with Gasteiger partial charge in [-0.3, -0.25) is 0 Å². The van der Waals surface area contributed by atoms with Gasteiger partial charge in [-0.25, -0.2) is 0 Å². The average molecular weight is 233 g/mol. The van der Waals surface area contributed by atoms with Crippen LogP contribution in [0.3, 0.4) is 0 Å². The van der Waals surface area contributed by atoms with Crippen LogP contribution in [0.1, 0.15) is 43.4 Å². The molecule has 0 amide bonds. The molecule has 0 fully saturated rings. The topological polar surface area (TPSA) is 21.3 Å². The summed E-state index contributed by atoms with van der Waals surface area (Å²) in [5.41, 5.74) is 2.92. The number of hydrogen-bond donors (Lipinski definition) is 1. The number of rotatable bonds is 4. The molecule has 1 aromatic rings.